The van der Waals surface area contributed by atoms with Crippen molar-refractivity contribution >= 4 is 34.7 Å². The summed E-state index contributed by atoms with van der Waals surface area (Å²) in [6.45, 7) is -0.186. The molecule has 1 unspecified atom stereocenters. The zero-order chi connectivity index (χ0) is 23.5. The molecule has 10 nitrogen and oxygen atoms in total. The van der Waals surface area contributed by atoms with Crippen LogP contribution >= 0.6 is 0 Å². The normalized spacial score (nSPS) is 14.6. The topological polar surface area (TPSA) is 134 Å². The van der Waals surface area contributed by atoms with Gasteiger partial charge in [0.1, 0.15) is 12.0 Å². The third-order valence-electron chi connectivity index (χ3n) is 5.00. The number of ether oxygens (including phenoxy) is 1. The fourth-order valence-corrected chi connectivity index (χ4v) is 3.40. The molecule has 0 spiro atoms. The monoisotopic (exact) mass is 462 g/mol. The second-order valence-electron chi connectivity index (χ2n) is 7.38. The zero-order valence-electron chi connectivity index (χ0n) is 17.7. The van der Waals surface area contributed by atoms with Crippen LogP contribution in [-0.2, 0) is 4.79 Å². The number of rotatable bonds is 7. The van der Waals surface area contributed by atoms with Crippen LogP contribution in [0.1, 0.15) is 6.42 Å². The van der Waals surface area contributed by atoms with E-state index >= 15 is 0 Å². The molecule has 1 aliphatic rings. The van der Waals surface area contributed by atoms with E-state index in [9.17, 15) is 9.18 Å². The minimum Gasteiger partial charge on any atom is -0.478 e. The van der Waals surface area contributed by atoms with Crippen LogP contribution in [0.25, 0.3) is 11.5 Å². The lowest BCUT2D eigenvalue weighted by molar-refractivity contribution is -0.124. The Morgan fingerprint density at radius 3 is 2.82 bits per heavy atom. The summed E-state index contributed by atoms with van der Waals surface area (Å²) in [5.74, 6) is 0.0270. The summed E-state index contributed by atoms with van der Waals surface area (Å²) in [5.41, 5.74) is 2.41. The van der Waals surface area contributed by atoms with Gasteiger partial charge < -0.3 is 30.2 Å². The number of anilines is 5. The maximum absolute atomic E-state index is 14.4. The van der Waals surface area contributed by atoms with Crippen LogP contribution in [0.3, 0.4) is 0 Å². The number of amides is 1. The molecule has 5 rings (SSSR count). The highest BCUT2D eigenvalue weighted by atomic mass is 19.1. The smallest absolute Gasteiger partial charge is 0.265 e. The average molecular weight is 462 g/mol. The highest BCUT2D eigenvalue weighted by Crippen LogP contribution is 2.34. The predicted molar refractivity (Wildman–Crippen MR) is 122 cm³/mol. The largest absolute Gasteiger partial charge is 0.478 e. The molecular weight excluding hydrogens is 443 g/mol. The van der Waals surface area contributed by atoms with E-state index in [0.717, 1.165) is 11.8 Å². The summed E-state index contributed by atoms with van der Waals surface area (Å²) in [5, 5.41) is 17.8. The quantitative estimate of drug-likeness (QED) is 0.323. The number of carbonyl (C=O) groups excluding carboxylic acids is 1. The number of aliphatic hydroxyl groups is 1. The minimum absolute atomic E-state index is 0.0481. The highest BCUT2D eigenvalue weighted by Gasteiger charge is 2.27. The van der Waals surface area contributed by atoms with Gasteiger partial charge in [0.15, 0.2) is 17.7 Å². The Kier molecular flexibility index (Phi) is 5.75. The van der Waals surface area contributed by atoms with Gasteiger partial charge in [-0.15, -0.1) is 0 Å². The summed E-state index contributed by atoms with van der Waals surface area (Å²) in [7, 11) is 0. The molecule has 4 N–H and O–H groups in total. The Bertz CT molecular complexity index is 1330. The van der Waals surface area contributed by atoms with Crippen molar-refractivity contribution in [2.45, 2.75) is 12.5 Å². The van der Waals surface area contributed by atoms with Crippen molar-refractivity contribution in [2.75, 3.05) is 22.6 Å². The predicted octanol–water partition coefficient (Wildman–Crippen LogP) is 3.84. The van der Waals surface area contributed by atoms with E-state index in [0.29, 0.717) is 28.7 Å². The van der Waals surface area contributed by atoms with E-state index < -0.39 is 11.9 Å². The second-order valence-corrected chi connectivity index (χ2v) is 7.38. The van der Waals surface area contributed by atoms with Gasteiger partial charge in [-0.2, -0.15) is 4.98 Å². The number of carbonyl (C=O) groups is 1. The van der Waals surface area contributed by atoms with Crippen LogP contribution in [0.15, 0.2) is 65.5 Å². The van der Waals surface area contributed by atoms with Gasteiger partial charge in [0, 0.05) is 36.0 Å². The average Bonchev–Trinajstić information content (AvgIpc) is 3.38. The molecular formula is C23H19FN6O4. The van der Waals surface area contributed by atoms with Gasteiger partial charge in [-0.3, -0.25) is 4.79 Å². The lowest BCUT2D eigenvalue weighted by Crippen LogP contribution is -2.37. The van der Waals surface area contributed by atoms with Gasteiger partial charge in [0.05, 0.1) is 18.1 Å². The molecule has 0 fully saturated rings. The van der Waals surface area contributed by atoms with E-state index in [1.807, 2.05) is 24.3 Å². The molecule has 2 aromatic carbocycles. The van der Waals surface area contributed by atoms with Crippen LogP contribution in [-0.4, -0.2) is 38.7 Å². The number of oxazole rings is 1. The van der Waals surface area contributed by atoms with Gasteiger partial charge in [-0.05, 0) is 30.3 Å². The lowest BCUT2D eigenvalue weighted by atomic mass is 10.1. The Labute approximate surface area is 192 Å². The molecule has 0 aliphatic carbocycles. The van der Waals surface area contributed by atoms with Crippen molar-refractivity contribution in [2.24, 2.45) is 0 Å². The minimum atomic E-state index is -0.800. The third-order valence-corrected chi connectivity index (χ3v) is 5.00. The Balaban J connectivity index is 1.35. The maximum atomic E-state index is 14.4. The molecule has 0 bridgehead atoms. The molecule has 34 heavy (non-hydrogen) atoms. The fraction of sp³-hybridized carbons (Fsp3) is 0.130. The summed E-state index contributed by atoms with van der Waals surface area (Å²) in [4.78, 5) is 24.4. The first kappa shape index (κ1) is 21.3. The van der Waals surface area contributed by atoms with Gasteiger partial charge in [-0.1, -0.05) is 6.07 Å². The summed E-state index contributed by atoms with van der Waals surface area (Å²) in [6.07, 6.45) is 3.47. The SMILES string of the molecule is O=C1Nc2ccc(Nc3nc(Nc4cccc(-c5ncco5)c4)ncc3F)cc2OC1CCO. The van der Waals surface area contributed by atoms with E-state index in [4.69, 9.17) is 14.3 Å². The van der Waals surface area contributed by atoms with E-state index in [1.54, 1.807) is 24.4 Å². The van der Waals surface area contributed by atoms with Crippen LogP contribution in [0, 0.1) is 5.82 Å². The van der Waals surface area contributed by atoms with Crippen molar-refractivity contribution in [3.05, 3.63) is 66.9 Å². The van der Waals surface area contributed by atoms with Crippen LogP contribution in [0.4, 0.5) is 33.2 Å². The molecule has 1 amide bonds. The van der Waals surface area contributed by atoms with Crippen molar-refractivity contribution in [3.8, 4) is 17.2 Å². The molecule has 0 radical (unpaired) electrons. The Morgan fingerprint density at radius 2 is 2.00 bits per heavy atom. The van der Waals surface area contributed by atoms with E-state index in [1.165, 1.54) is 6.26 Å². The van der Waals surface area contributed by atoms with Crippen molar-refractivity contribution in [3.63, 3.8) is 0 Å². The molecule has 1 aliphatic heterocycles. The maximum Gasteiger partial charge on any atom is 0.265 e. The van der Waals surface area contributed by atoms with Gasteiger partial charge in [0.2, 0.25) is 11.8 Å². The Morgan fingerprint density at radius 1 is 1.12 bits per heavy atom. The highest BCUT2D eigenvalue weighted by molar-refractivity contribution is 5.98. The van der Waals surface area contributed by atoms with Crippen molar-refractivity contribution < 1.29 is 23.4 Å². The molecule has 172 valence electrons. The van der Waals surface area contributed by atoms with Gasteiger partial charge in [0.25, 0.3) is 5.91 Å². The number of nitrogens with one attached hydrogen (secondary N) is 3. The standard InChI is InChI=1S/C23H19FN6O4/c24-16-12-26-23(28-14-3-1-2-13(10-14)22-25-7-9-33-22)30-20(16)27-15-4-5-17-19(11-15)34-18(6-8-31)21(32)29-17/h1-5,7,9-12,18,31H,6,8H2,(H,29,32)(H2,26,27,28,30). The number of nitrogens with zero attached hydrogens (tertiary/aromatic N) is 3. The van der Waals surface area contributed by atoms with Crippen molar-refractivity contribution in [1.29, 1.82) is 0 Å². The van der Waals surface area contributed by atoms with Crippen LogP contribution < -0.4 is 20.7 Å². The number of benzene rings is 2. The summed E-state index contributed by atoms with van der Waals surface area (Å²) in [6, 6.07) is 12.2. The number of aliphatic hydroxyl groups excluding tert-OH is 1. The number of hydrogen-bond donors (Lipinski definition) is 4. The first-order valence-corrected chi connectivity index (χ1v) is 10.4. The number of halogens is 1. The number of aromatic nitrogens is 3. The van der Waals surface area contributed by atoms with Gasteiger partial charge in [-0.25, -0.2) is 14.4 Å². The van der Waals surface area contributed by atoms with Crippen LogP contribution in [0.2, 0.25) is 0 Å². The Hall–Kier alpha value is -4.51. The van der Waals surface area contributed by atoms with Crippen LogP contribution in [0.5, 0.6) is 5.75 Å². The summed E-state index contributed by atoms with van der Waals surface area (Å²) >= 11 is 0. The van der Waals surface area contributed by atoms with E-state index in [2.05, 4.69) is 30.9 Å². The first-order valence-electron chi connectivity index (χ1n) is 10.4. The second kappa shape index (κ2) is 9.16. The molecule has 0 saturated heterocycles. The molecule has 11 heteroatoms. The van der Waals surface area contributed by atoms with Gasteiger partial charge >= 0.3 is 0 Å². The molecule has 3 heterocycles. The first-order chi connectivity index (χ1) is 16.6. The third kappa shape index (κ3) is 4.50. The fourth-order valence-electron chi connectivity index (χ4n) is 3.40. The molecule has 2 aromatic heterocycles. The van der Waals surface area contributed by atoms with Crippen molar-refractivity contribution in [1.82, 2.24) is 15.0 Å². The summed E-state index contributed by atoms with van der Waals surface area (Å²) < 4.78 is 25.4. The lowest BCUT2D eigenvalue weighted by Gasteiger charge is -2.25. The molecule has 1 atom stereocenters. The number of fused-ring (bicyclic) bond motifs is 1. The molecule has 4 aromatic rings. The van der Waals surface area contributed by atoms with E-state index in [-0.39, 0.29) is 30.7 Å². The zero-order valence-corrected chi connectivity index (χ0v) is 17.7. The number of hydrogen-bond acceptors (Lipinski definition) is 9. The molecule has 0 saturated carbocycles.